The molecule has 0 bridgehead atoms. The van der Waals surface area contributed by atoms with E-state index in [1.165, 1.54) is 12.1 Å². The molecule has 3 aromatic carbocycles. The quantitative estimate of drug-likeness (QED) is 0.572. The van der Waals surface area contributed by atoms with Crippen molar-refractivity contribution in [2.24, 2.45) is 0 Å². The number of rotatable bonds is 5. The summed E-state index contributed by atoms with van der Waals surface area (Å²) in [6, 6.07) is 19.2. The normalized spacial score (nSPS) is 12.6. The van der Waals surface area contributed by atoms with Crippen LogP contribution in [0.25, 0.3) is 0 Å². The molecule has 154 valence electrons. The number of carbonyl (C=O) groups is 1. The molecule has 30 heavy (non-hydrogen) atoms. The van der Waals surface area contributed by atoms with Gasteiger partial charge in [-0.1, -0.05) is 42.5 Å². The van der Waals surface area contributed by atoms with Gasteiger partial charge in [0.2, 0.25) is 6.79 Å². The maximum atomic E-state index is 13.2. The molecule has 4 rings (SSSR count). The molecular weight excluding hydrogens is 395 g/mol. The molecule has 0 radical (unpaired) electrons. The minimum atomic E-state index is -4.40. The molecule has 1 heterocycles. The first-order valence-corrected chi connectivity index (χ1v) is 9.29. The van der Waals surface area contributed by atoms with Gasteiger partial charge in [-0.2, -0.15) is 13.2 Å². The number of nitrogens with zero attached hydrogens (tertiary/aromatic N) is 1. The maximum absolute atomic E-state index is 13.2. The summed E-state index contributed by atoms with van der Waals surface area (Å²) >= 11 is 0. The van der Waals surface area contributed by atoms with Crippen LogP contribution >= 0.6 is 0 Å². The van der Waals surface area contributed by atoms with Gasteiger partial charge in [0.15, 0.2) is 11.5 Å². The molecule has 0 atom stereocenters. The van der Waals surface area contributed by atoms with Crippen LogP contribution in [0.3, 0.4) is 0 Å². The monoisotopic (exact) mass is 413 g/mol. The molecule has 1 aliphatic heterocycles. The van der Waals surface area contributed by atoms with Crippen LogP contribution in [-0.2, 0) is 19.3 Å². The van der Waals surface area contributed by atoms with Crippen molar-refractivity contribution < 1.29 is 27.4 Å². The highest BCUT2D eigenvalue weighted by molar-refractivity contribution is 5.95. The topological polar surface area (TPSA) is 38.8 Å². The molecule has 0 N–H and O–H groups in total. The predicted octanol–water partition coefficient (Wildman–Crippen LogP) is 5.28. The second-order valence-corrected chi connectivity index (χ2v) is 6.91. The fraction of sp³-hybridized carbons (Fsp3) is 0.174. The molecule has 0 saturated heterocycles. The molecule has 0 saturated carbocycles. The Hall–Kier alpha value is -3.48. The standard InChI is InChI=1S/C23H18F3NO3/c24-23(25,26)19-9-6-17(7-10-19)14-27(13-16-4-2-1-3-5-16)22(28)18-8-11-20-21(12-18)30-15-29-20/h1-12H,13-15H2. The molecule has 0 spiro atoms. The maximum Gasteiger partial charge on any atom is 0.416 e. The molecule has 3 aromatic rings. The second-order valence-electron chi connectivity index (χ2n) is 6.91. The van der Waals surface area contributed by atoms with Gasteiger partial charge in [0.1, 0.15) is 0 Å². The summed E-state index contributed by atoms with van der Waals surface area (Å²) in [6.07, 6.45) is -4.40. The van der Waals surface area contributed by atoms with E-state index in [4.69, 9.17) is 9.47 Å². The highest BCUT2D eigenvalue weighted by atomic mass is 19.4. The van der Waals surface area contributed by atoms with Crippen molar-refractivity contribution in [3.05, 3.63) is 95.1 Å². The number of carbonyl (C=O) groups excluding carboxylic acids is 1. The third-order valence-corrected chi connectivity index (χ3v) is 4.78. The third kappa shape index (κ3) is 4.40. The Bertz CT molecular complexity index is 1030. The number of fused-ring (bicyclic) bond motifs is 1. The summed E-state index contributed by atoms with van der Waals surface area (Å²) in [5.41, 5.74) is 1.22. The number of ether oxygens (including phenoxy) is 2. The SMILES string of the molecule is O=C(c1ccc2c(c1)OCO2)N(Cc1ccccc1)Cc1ccc(C(F)(F)F)cc1. The van der Waals surface area contributed by atoms with Gasteiger partial charge >= 0.3 is 6.18 Å². The van der Waals surface area contributed by atoms with Gasteiger partial charge in [-0.3, -0.25) is 4.79 Å². The summed E-state index contributed by atoms with van der Waals surface area (Å²) in [5, 5.41) is 0. The minimum Gasteiger partial charge on any atom is -0.454 e. The first kappa shape index (κ1) is 19.8. The Morgan fingerprint density at radius 1 is 0.833 bits per heavy atom. The predicted molar refractivity (Wildman–Crippen MR) is 104 cm³/mol. The van der Waals surface area contributed by atoms with E-state index >= 15 is 0 Å². The van der Waals surface area contributed by atoms with Gasteiger partial charge in [0.25, 0.3) is 5.91 Å². The van der Waals surface area contributed by atoms with Gasteiger partial charge < -0.3 is 14.4 Å². The van der Waals surface area contributed by atoms with Crippen LogP contribution in [0.1, 0.15) is 27.0 Å². The highest BCUT2D eigenvalue weighted by Crippen LogP contribution is 2.33. The van der Waals surface area contributed by atoms with Crippen molar-refractivity contribution in [1.82, 2.24) is 4.90 Å². The molecule has 4 nitrogen and oxygen atoms in total. The number of amides is 1. The van der Waals surface area contributed by atoms with Crippen LogP contribution in [-0.4, -0.2) is 17.6 Å². The third-order valence-electron chi connectivity index (χ3n) is 4.78. The second kappa shape index (κ2) is 8.10. The van der Waals surface area contributed by atoms with Gasteiger partial charge in [-0.15, -0.1) is 0 Å². The summed E-state index contributed by atoms with van der Waals surface area (Å²) < 4.78 is 49.2. The number of benzene rings is 3. The van der Waals surface area contributed by atoms with E-state index in [0.29, 0.717) is 29.2 Å². The number of alkyl halides is 3. The Balaban J connectivity index is 1.60. The highest BCUT2D eigenvalue weighted by Gasteiger charge is 2.30. The van der Waals surface area contributed by atoms with Crippen LogP contribution in [0, 0.1) is 0 Å². The van der Waals surface area contributed by atoms with E-state index in [9.17, 15) is 18.0 Å². The molecule has 1 amide bonds. The van der Waals surface area contributed by atoms with E-state index in [-0.39, 0.29) is 19.2 Å². The van der Waals surface area contributed by atoms with Crippen molar-refractivity contribution in [3.8, 4) is 11.5 Å². The average molecular weight is 413 g/mol. The molecule has 1 aliphatic rings. The molecular formula is C23H18F3NO3. The van der Waals surface area contributed by atoms with Crippen molar-refractivity contribution >= 4 is 5.91 Å². The fourth-order valence-corrected chi connectivity index (χ4v) is 3.23. The number of hydrogen-bond acceptors (Lipinski definition) is 3. The number of halogens is 3. The summed E-state index contributed by atoms with van der Waals surface area (Å²) in [4.78, 5) is 14.8. The summed E-state index contributed by atoms with van der Waals surface area (Å²) in [7, 11) is 0. The zero-order valence-corrected chi connectivity index (χ0v) is 15.9. The van der Waals surface area contributed by atoms with Crippen molar-refractivity contribution in [2.75, 3.05) is 6.79 Å². The van der Waals surface area contributed by atoms with E-state index in [0.717, 1.165) is 17.7 Å². The summed E-state index contributed by atoms with van der Waals surface area (Å²) in [5.74, 6) is 0.816. The van der Waals surface area contributed by atoms with Crippen molar-refractivity contribution in [3.63, 3.8) is 0 Å². The Kier molecular flexibility index (Phi) is 5.35. The zero-order chi connectivity index (χ0) is 21.1. The summed E-state index contributed by atoms with van der Waals surface area (Å²) in [6.45, 7) is 0.585. The van der Waals surface area contributed by atoms with Crippen LogP contribution < -0.4 is 9.47 Å². The Morgan fingerprint density at radius 2 is 1.47 bits per heavy atom. The number of hydrogen-bond donors (Lipinski definition) is 0. The molecule has 0 aliphatic carbocycles. The lowest BCUT2D eigenvalue weighted by Crippen LogP contribution is -2.30. The van der Waals surface area contributed by atoms with Crippen molar-refractivity contribution in [2.45, 2.75) is 19.3 Å². The zero-order valence-electron chi connectivity index (χ0n) is 15.9. The lowest BCUT2D eigenvalue weighted by Gasteiger charge is -2.23. The van der Waals surface area contributed by atoms with E-state index in [2.05, 4.69) is 0 Å². The van der Waals surface area contributed by atoms with E-state index in [1.807, 2.05) is 30.3 Å². The van der Waals surface area contributed by atoms with E-state index in [1.54, 1.807) is 23.1 Å². The first-order chi connectivity index (χ1) is 14.4. The molecule has 0 unspecified atom stereocenters. The average Bonchev–Trinajstić information content (AvgIpc) is 3.21. The molecule has 7 heteroatoms. The van der Waals surface area contributed by atoms with Gasteiger partial charge in [0, 0.05) is 18.7 Å². The van der Waals surface area contributed by atoms with Gasteiger partial charge in [-0.05, 0) is 41.5 Å². The van der Waals surface area contributed by atoms with E-state index < -0.39 is 11.7 Å². The smallest absolute Gasteiger partial charge is 0.416 e. The Morgan fingerprint density at radius 3 is 2.13 bits per heavy atom. The Labute approximate surface area is 171 Å². The lowest BCUT2D eigenvalue weighted by molar-refractivity contribution is -0.137. The molecule has 0 fully saturated rings. The fourth-order valence-electron chi connectivity index (χ4n) is 3.23. The first-order valence-electron chi connectivity index (χ1n) is 9.29. The van der Waals surface area contributed by atoms with Crippen LogP contribution in [0.5, 0.6) is 11.5 Å². The molecule has 0 aromatic heterocycles. The van der Waals surface area contributed by atoms with Crippen LogP contribution in [0.2, 0.25) is 0 Å². The van der Waals surface area contributed by atoms with Gasteiger partial charge in [0.05, 0.1) is 5.56 Å². The van der Waals surface area contributed by atoms with Crippen LogP contribution in [0.4, 0.5) is 13.2 Å². The van der Waals surface area contributed by atoms with Crippen LogP contribution in [0.15, 0.2) is 72.8 Å². The van der Waals surface area contributed by atoms with Crippen molar-refractivity contribution in [1.29, 1.82) is 0 Å². The lowest BCUT2D eigenvalue weighted by atomic mass is 10.1. The largest absolute Gasteiger partial charge is 0.454 e. The van der Waals surface area contributed by atoms with Gasteiger partial charge in [-0.25, -0.2) is 0 Å². The minimum absolute atomic E-state index is 0.103.